The molecule has 0 spiro atoms. The maximum Gasteiger partial charge on any atom is 0.227 e. The first kappa shape index (κ1) is 66.1. The molecule has 3 saturated heterocycles. The van der Waals surface area contributed by atoms with E-state index < -0.39 is 35.4 Å². The van der Waals surface area contributed by atoms with E-state index in [1.165, 1.54) is 21.9 Å². The van der Waals surface area contributed by atoms with E-state index in [-0.39, 0.29) is 67.5 Å². The Hall–Kier alpha value is -9.85. The molecule has 518 valence electrons. The number of aromatic nitrogens is 9. The molecule has 6 fully saturated rings. The summed E-state index contributed by atoms with van der Waals surface area (Å²) in [7, 11) is 0. The fourth-order valence-corrected chi connectivity index (χ4v) is 16.1. The van der Waals surface area contributed by atoms with Crippen LogP contribution in [0.25, 0.3) is 66.5 Å². The third kappa shape index (κ3) is 11.7. The van der Waals surface area contributed by atoms with Crippen molar-refractivity contribution in [2.45, 2.75) is 155 Å². The van der Waals surface area contributed by atoms with Crippen LogP contribution in [0.4, 0.5) is 28.9 Å². The van der Waals surface area contributed by atoms with Crippen LogP contribution in [0.2, 0.25) is 0 Å². The van der Waals surface area contributed by atoms with E-state index in [9.17, 15) is 47.3 Å². The van der Waals surface area contributed by atoms with Crippen molar-refractivity contribution in [2.24, 2.45) is 17.8 Å². The smallest absolute Gasteiger partial charge is 0.227 e. The topological polar surface area (TPSA) is 262 Å². The molecule has 3 aliphatic heterocycles. The summed E-state index contributed by atoms with van der Waals surface area (Å²) in [5.41, 5.74) is 14.3. The highest BCUT2D eigenvalue weighted by atomic mass is 19.2. The van der Waals surface area contributed by atoms with Crippen molar-refractivity contribution in [2.75, 3.05) is 29.6 Å². The number of aryl methyl sites for hydroxylation is 6. The van der Waals surface area contributed by atoms with Crippen LogP contribution < -0.4 is 15.1 Å². The van der Waals surface area contributed by atoms with E-state index >= 15 is 0 Å². The second-order valence-electron chi connectivity index (χ2n) is 27.7. The highest BCUT2D eigenvalue weighted by Gasteiger charge is 2.43. The van der Waals surface area contributed by atoms with Gasteiger partial charge in [-0.2, -0.15) is 0 Å². The first-order valence-corrected chi connectivity index (χ1v) is 34.3. The van der Waals surface area contributed by atoms with E-state index in [1.54, 1.807) is 0 Å². The minimum absolute atomic E-state index is 0.0457. The van der Waals surface area contributed by atoms with Gasteiger partial charge < -0.3 is 57.7 Å². The zero-order valence-corrected chi connectivity index (χ0v) is 56.2. The van der Waals surface area contributed by atoms with Gasteiger partial charge in [0.05, 0.1) is 68.3 Å². The molecule has 3 saturated carbocycles. The predicted molar refractivity (Wildman–Crippen MR) is 362 cm³/mol. The summed E-state index contributed by atoms with van der Waals surface area (Å²) in [6.07, 6.45) is 8.08. The second-order valence-corrected chi connectivity index (χ2v) is 27.7. The molecule has 21 nitrogen and oxygen atoms in total. The molecule has 9 heterocycles. The SMILES string of the molecule is Cc1noc(C)c1-c1ccc2c(c1)nc([C@@H]1CCC(=O)N1)n2C1CC(CO)C1.Cc1noc(C)c1-c1ccc2c(c1)nc([C@@H]1CCC(=O)N1c1ccc(F)c(F)c1)n2C1CC(CO)C1.Cc1noc(C)c1-c1ccc2c(c1)nc([C@@H]1CCC(=O)N1c1ccc(F)c(F)c1)n2C1CC(CO)C1. The summed E-state index contributed by atoms with van der Waals surface area (Å²) in [4.78, 5) is 55.7. The number of nitrogens with zero attached hydrogens (tertiary/aromatic N) is 11. The van der Waals surface area contributed by atoms with Crippen LogP contribution in [0.5, 0.6) is 0 Å². The highest BCUT2D eigenvalue weighted by Crippen LogP contribution is 2.49. The van der Waals surface area contributed by atoms with Crippen LogP contribution in [0, 0.1) is 82.6 Å². The van der Waals surface area contributed by atoms with Gasteiger partial charge in [-0.3, -0.25) is 14.4 Å². The predicted octanol–water partition coefficient (Wildman–Crippen LogP) is 14.0. The zero-order chi connectivity index (χ0) is 69.7. The molecule has 3 atom stereocenters. The van der Waals surface area contributed by atoms with Gasteiger partial charge >= 0.3 is 0 Å². The molecule has 3 aliphatic carbocycles. The molecule has 3 amide bonds. The Bertz CT molecular complexity index is 4730. The molecule has 17 rings (SSSR count). The second kappa shape index (κ2) is 26.3. The number of benzene rings is 5. The van der Waals surface area contributed by atoms with Crippen molar-refractivity contribution in [3.63, 3.8) is 0 Å². The molecular formula is C75H76F4N12O9. The van der Waals surface area contributed by atoms with E-state index in [2.05, 4.69) is 52.7 Å². The number of halogens is 4. The normalized spacial score (nSPS) is 22.7. The van der Waals surface area contributed by atoms with E-state index in [0.717, 1.165) is 188 Å². The molecule has 0 radical (unpaired) electrons. The van der Waals surface area contributed by atoms with Crippen molar-refractivity contribution in [3.8, 4) is 33.4 Å². The van der Waals surface area contributed by atoms with Gasteiger partial charge in [-0.05, 0) is 194 Å². The molecule has 100 heavy (non-hydrogen) atoms. The minimum Gasteiger partial charge on any atom is -0.396 e. The van der Waals surface area contributed by atoms with E-state index in [4.69, 9.17) is 28.5 Å². The highest BCUT2D eigenvalue weighted by molar-refractivity contribution is 5.98. The summed E-state index contributed by atoms with van der Waals surface area (Å²) >= 11 is 0. The van der Waals surface area contributed by atoms with Crippen molar-refractivity contribution in [3.05, 3.63) is 166 Å². The number of fused-ring (bicyclic) bond motifs is 3. The van der Waals surface area contributed by atoms with Crippen molar-refractivity contribution in [1.29, 1.82) is 0 Å². The van der Waals surface area contributed by atoms with E-state index in [0.29, 0.717) is 55.4 Å². The number of imidazole rings is 3. The van der Waals surface area contributed by atoms with Gasteiger partial charge in [0.15, 0.2) is 23.3 Å². The molecule has 0 bridgehead atoms. The van der Waals surface area contributed by atoms with Crippen LogP contribution in [0.1, 0.15) is 165 Å². The van der Waals surface area contributed by atoms with Gasteiger partial charge in [-0.25, -0.2) is 32.5 Å². The van der Waals surface area contributed by atoms with Crippen molar-refractivity contribution in [1.82, 2.24) is 49.4 Å². The molecule has 0 unspecified atom stereocenters. The summed E-state index contributed by atoms with van der Waals surface area (Å²) in [6.45, 7) is 11.9. The largest absolute Gasteiger partial charge is 0.396 e. The van der Waals surface area contributed by atoms with Crippen molar-refractivity contribution < 1.29 is 60.8 Å². The quantitative estimate of drug-likeness (QED) is 0.0738. The number of carbonyl (C=O) groups is 3. The lowest BCUT2D eigenvalue weighted by atomic mass is 9.80. The number of hydrogen-bond donors (Lipinski definition) is 4. The maximum absolute atomic E-state index is 14.1. The van der Waals surface area contributed by atoms with Crippen molar-refractivity contribution >= 4 is 62.2 Å². The number of amides is 3. The standard InChI is InChI=1S/2C27H26F2N4O3.C21H24N4O3/c2*1-14-26(15(2)36-31-14)17-3-6-23-22(11-17)30-27(33(23)19-9-16(10-19)13-34)24-7-8-25(35)32(24)18-4-5-20(28)21(29)12-18;1-11-20(12(2)28-24-11)14-3-5-18-17(9-14)23-21(16-4-6-19(27)22-16)25(18)15-7-13(8-15)10-26/h2*3-6,11-12,16,19,24,34H,7-10,13H2,1-2H3;3,5,9,13,15-16,26H,4,6-8,10H2,1-2H3,(H,22,27)/t2*16?,19?,24-;13?,15?,16-/m000/s1. The third-order valence-electron chi connectivity index (χ3n) is 21.3. The Balaban J connectivity index is 0.000000123. The Morgan fingerprint density at radius 3 is 1.10 bits per heavy atom. The molecule has 5 aromatic carbocycles. The van der Waals surface area contributed by atoms with Gasteiger partial charge in [0.25, 0.3) is 0 Å². The van der Waals surface area contributed by atoms with Crippen LogP contribution >= 0.6 is 0 Å². The minimum atomic E-state index is -0.992. The Morgan fingerprint density at radius 2 is 0.790 bits per heavy atom. The van der Waals surface area contributed by atoms with Gasteiger partial charge in [0.1, 0.15) is 34.8 Å². The number of carbonyl (C=O) groups excluding carboxylic acids is 3. The van der Waals surface area contributed by atoms with Gasteiger partial charge in [-0.15, -0.1) is 0 Å². The molecular weight excluding hydrogens is 1290 g/mol. The monoisotopic (exact) mass is 1360 g/mol. The van der Waals surface area contributed by atoms with Crippen LogP contribution in [-0.4, -0.2) is 97.0 Å². The van der Waals surface area contributed by atoms with Gasteiger partial charge in [0, 0.05) is 97.4 Å². The molecule has 25 heteroatoms. The lowest BCUT2D eigenvalue weighted by molar-refractivity contribution is -0.119. The van der Waals surface area contributed by atoms with Crippen LogP contribution in [0.3, 0.4) is 0 Å². The Morgan fingerprint density at radius 1 is 0.440 bits per heavy atom. The fraction of sp³-hybridized carbons (Fsp3) is 0.400. The van der Waals surface area contributed by atoms with Gasteiger partial charge in [-0.1, -0.05) is 33.7 Å². The first-order chi connectivity index (χ1) is 48.2. The summed E-state index contributed by atoms with van der Waals surface area (Å²) in [6, 6.07) is 25.2. The Kier molecular flexibility index (Phi) is 17.4. The molecule has 6 aromatic heterocycles. The lowest BCUT2D eigenvalue weighted by Gasteiger charge is -2.37. The zero-order valence-electron chi connectivity index (χ0n) is 56.2. The molecule has 11 aromatic rings. The average Bonchev–Trinajstić information content (AvgIpc) is 1.60. The third-order valence-corrected chi connectivity index (χ3v) is 21.3. The van der Waals surface area contributed by atoms with Gasteiger partial charge in [0.2, 0.25) is 17.7 Å². The number of rotatable bonds is 14. The lowest BCUT2D eigenvalue weighted by Crippen LogP contribution is -2.34. The number of aliphatic hydroxyl groups is 3. The Labute approximate surface area is 571 Å². The summed E-state index contributed by atoms with van der Waals surface area (Å²) in [5, 5.41) is 43.9. The van der Waals surface area contributed by atoms with Crippen LogP contribution in [-0.2, 0) is 14.4 Å². The number of anilines is 2. The number of nitrogens with one attached hydrogen (secondary N) is 1. The summed E-state index contributed by atoms with van der Waals surface area (Å²) < 4.78 is 78.1. The first-order valence-electron chi connectivity index (χ1n) is 34.3. The maximum atomic E-state index is 14.1. The fourth-order valence-electron chi connectivity index (χ4n) is 16.1. The summed E-state index contributed by atoms with van der Waals surface area (Å²) in [5.74, 6) is 1.33. The average molecular weight is 1370 g/mol. The number of hydrogen-bond acceptors (Lipinski definition) is 15. The molecule has 4 N–H and O–H groups in total. The van der Waals surface area contributed by atoms with E-state index in [1.807, 2.05) is 77.9 Å². The molecule has 6 aliphatic rings. The van der Waals surface area contributed by atoms with Crippen LogP contribution in [0.15, 0.2) is 105 Å². The number of aliphatic hydroxyl groups excluding tert-OH is 3.